The maximum absolute atomic E-state index is 12.5. The summed E-state index contributed by atoms with van der Waals surface area (Å²) in [7, 11) is 0. The largest absolute Gasteiger partial charge is 0.431 e. The van der Waals surface area contributed by atoms with Crippen molar-refractivity contribution in [3.8, 4) is 11.8 Å². The Morgan fingerprint density at radius 2 is 2.09 bits per heavy atom. The zero-order chi connectivity index (χ0) is 17.0. The Bertz CT molecular complexity index is 794. The number of carbonyl (C=O) groups excluding carboxylic acids is 1. The van der Waals surface area contributed by atoms with Gasteiger partial charge in [0.05, 0.1) is 21.8 Å². The summed E-state index contributed by atoms with van der Waals surface area (Å²) in [5, 5.41) is 11.5. The van der Waals surface area contributed by atoms with Crippen LogP contribution in [0.25, 0.3) is 0 Å². The summed E-state index contributed by atoms with van der Waals surface area (Å²) < 4.78 is 29.6. The van der Waals surface area contributed by atoms with E-state index in [0.717, 1.165) is 0 Å². The number of nitrogens with zero attached hydrogens (tertiary/aromatic N) is 1. The molecule has 0 aromatic heterocycles. The summed E-state index contributed by atoms with van der Waals surface area (Å²) in [6, 6.07) is 10.5. The number of hydrogen-bond acceptors (Lipinski definition) is 3. The minimum atomic E-state index is -3.06. The fraction of sp³-hybridized carbons (Fsp3) is 0.0667. The van der Waals surface area contributed by atoms with E-state index in [1.54, 1.807) is 0 Å². The fourth-order valence-corrected chi connectivity index (χ4v) is 2.69. The van der Waals surface area contributed by atoms with Gasteiger partial charge in [0, 0.05) is 10.6 Å². The molecule has 0 heterocycles. The predicted octanol–water partition coefficient (Wildman–Crippen LogP) is 4.83. The molecule has 118 valence electrons. The highest BCUT2D eigenvalue weighted by Crippen LogP contribution is 2.37. The van der Waals surface area contributed by atoms with Crippen molar-refractivity contribution in [3.05, 3.63) is 57.0 Å². The lowest BCUT2D eigenvalue weighted by molar-refractivity contribution is -0.0498. The number of benzene rings is 2. The van der Waals surface area contributed by atoms with E-state index in [1.807, 2.05) is 6.07 Å². The van der Waals surface area contributed by atoms with Gasteiger partial charge >= 0.3 is 6.61 Å². The molecule has 1 amide bonds. The monoisotopic (exact) mass is 400 g/mol. The first-order chi connectivity index (χ1) is 10.9. The number of amides is 1. The van der Waals surface area contributed by atoms with Crippen LogP contribution >= 0.6 is 27.5 Å². The van der Waals surface area contributed by atoms with Crippen LogP contribution in [-0.2, 0) is 0 Å². The molecular weight excluding hydrogens is 394 g/mol. The Balaban J connectivity index is 2.35. The molecule has 0 saturated carbocycles. The normalized spacial score (nSPS) is 10.3. The first-order valence-electron chi connectivity index (χ1n) is 6.16. The minimum Gasteiger partial charge on any atom is -0.431 e. The van der Waals surface area contributed by atoms with E-state index in [2.05, 4.69) is 26.0 Å². The third-order valence-electron chi connectivity index (χ3n) is 2.72. The lowest BCUT2D eigenvalue weighted by Crippen LogP contribution is -2.14. The third-order valence-corrected chi connectivity index (χ3v) is 3.52. The van der Waals surface area contributed by atoms with Crippen LogP contribution in [0.1, 0.15) is 15.9 Å². The van der Waals surface area contributed by atoms with Gasteiger partial charge in [-0.2, -0.15) is 14.0 Å². The molecule has 0 saturated heterocycles. The molecule has 0 bridgehead atoms. The van der Waals surface area contributed by atoms with E-state index in [0.29, 0.717) is 5.56 Å². The zero-order valence-corrected chi connectivity index (χ0v) is 13.7. The van der Waals surface area contributed by atoms with E-state index >= 15 is 0 Å². The summed E-state index contributed by atoms with van der Waals surface area (Å²) in [4.78, 5) is 12.2. The highest BCUT2D eigenvalue weighted by Gasteiger charge is 2.17. The Morgan fingerprint density at radius 3 is 2.74 bits per heavy atom. The molecule has 0 fully saturated rings. The summed E-state index contributed by atoms with van der Waals surface area (Å²) in [5.74, 6) is -0.829. The molecule has 1 N–H and O–H groups in total. The maximum atomic E-state index is 12.5. The summed E-state index contributed by atoms with van der Waals surface area (Å²) in [5.41, 5.74) is 0.481. The predicted molar refractivity (Wildman–Crippen MR) is 84.9 cm³/mol. The number of halogens is 4. The van der Waals surface area contributed by atoms with E-state index in [-0.39, 0.29) is 26.5 Å². The number of carbonyl (C=O) groups is 1. The van der Waals surface area contributed by atoms with Crippen LogP contribution < -0.4 is 10.1 Å². The van der Waals surface area contributed by atoms with Gasteiger partial charge in [-0.25, -0.2) is 0 Å². The Kier molecular flexibility index (Phi) is 5.53. The van der Waals surface area contributed by atoms with E-state index < -0.39 is 12.5 Å². The summed E-state index contributed by atoms with van der Waals surface area (Å²) in [6.45, 7) is -3.06. The quantitative estimate of drug-likeness (QED) is 0.798. The average molecular weight is 402 g/mol. The van der Waals surface area contributed by atoms with Crippen LogP contribution in [0.4, 0.5) is 14.5 Å². The molecule has 2 aromatic carbocycles. The molecule has 2 aromatic rings. The zero-order valence-electron chi connectivity index (χ0n) is 11.3. The molecule has 23 heavy (non-hydrogen) atoms. The van der Waals surface area contributed by atoms with Crippen LogP contribution in [0, 0.1) is 11.3 Å². The SMILES string of the molecule is N#Cc1cccc(C(=O)Nc2cc(Cl)cc(Br)c2OC(F)F)c1. The number of nitrogens with one attached hydrogen (secondary N) is 1. The van der Waals surface area contributed by atoms with Crippen LogP contribution in [0.3, 0.4) is 0 Å². The lowest BCUT2D eigenvalue weighted by Gasteiger charge is -2.14. The topological polar surface area (TPSA) is 62.1 Å². The molecule has 0 spiro atoms. The number of ether oxygens (including phenoxy) is 1. The van der Waals surface area contributed by atoms with E-state index in [4.69, 9.17) is 16.9 Å². The van der Waals surface area contributed by atoms with Gasteiger partial charge < -0.3 is 10.1 Å². The van der Waals surface area contributed by atoms with Crippen molar-refractivity contribution in [2.75, 3.05) is 5.32 Å². The van der Waals surface area contributed by atoms with Crippen molar-refractivity contribution in [2.24, 2.45) is 0 Å². The van der Waals surface area contributed by atoms with Crippen molar-refractivity contribution < 1.29 is 18.3 Å². The number of alkyl halides is 2. The molecule has 0 aliphatic heterocycles. The van der Waals surface area contributed by atoms with Crippen LogP contribution in [0.2, 0.25) is 5.02 Å². The number of nitriles is 1. The first-order valence-corrected chi connectivity index (χ1v) is 7.33. The van der Waals surface area contributed by atoms with E-state index in [1.165, 1.54) is 36.4 Å². The Labute approximate surface area is 143 Å². The number of rotatable bonds is 4. The Hall–Kier alpha value is -2.17. The molecule has 2 rings (SSSR count). The van der Waals surface area contributed by atoms with Crippen molar-refractivity contribution in [1.82, 2.24) is 0 Å². The molecule has 4 nitrogen and oxygen atoms in total. The Morgan fingerprint density at radius 1 is 1.35 bits per heavy atom. The van der Waals surface area contributed by atoms with Crippen molar-refractivity contribution in [1.29, 1.82) is 5.26 Å². The average Bonchev–Trinajstić information content (AvgIpc) is 2.50. The third kappa shape index (κ3) is 4.41. The molecule has 0 unspecified atom stereocenters. The standard InChI is InChI=1S/C15H8BrClF2N2O2/c16-11-5-10(17)6-12(13(11)23-15(18)19)21-14(22)9-3-1-2-8(4-9)7-20/h1-6,15H,(H,21,22). The van der Waals surface area contributed by atoms with Gasteiger partial charge in [-0.15, -0.1) is 0 Å². The minimum absolute atomic E-state index is 0.0166. The van der Waals surface area contributed by atoms with Gasteiger partial charge in [-0.05, 0) is 46.3 Å². The lowest BCUT2D eigenvalue weighted by atomic mass is 10.1. The molecule has 0 atom stereocenters. The summed E-state index contributed by atoms with van der Waals surface area (Å²) >= 11 is 8.93. The number of hydrogen-bond donors (Lipinski definition) is 1. The first kappa shape index (κ1) is 17.2. The molecular formula is C15H8BrClF2N2O2. The maximum Gasteiger partial charge on any atom is 0.387 e. The van der Waals surface area contributed by atoms with Gasteiger partial charge in [0.15, 0.2) is 5.75 Å². The van der Waals surface area contributed by atoms with E-state index in [9.17, 15) is 13.6 Å². The van der Waals surface area contributed by atoms with Gasteiger partial charge in [-0.3, -0.25) is 4.79 Å². The molecule has 0 radical (unpaired) electrons. The van der Waals surface area contributed by atoms with Gasteiger partial charge in [0.2, 0.25) is 0 Å². The van der Waals surface area contributed by atoms with Crippen molar-refractivity contribution in [2.45, 2.75) is 6.61 Å². The highest BCUT2D eigenvalue weighted by atomic mass is 79.9. The molecule has 0 aliphatic carbocycles. The van der Waals surface area contributed by atoms with Gasteiger partial charge in [0.25, 0.3) is 5.91 Å². The van der Waals surface area contributed by atoms with Gasteiger partial charge in [0.1, 0.15) is 0 Å². The smallest absolute Gasteiger partial charge is 0.387 e. The fourth-order valence-electron chi connectivity index (χ4n) is 1.79. The second-order valence-corrected chi connectivity index (χ2v) is 5.58. The molecule has 0 aliphatic rings. The van der Waals surface area contributed by atoms with Gasteiger partial charge in [-0.1, -0.05) is 17.7 Å². The van der Waals surface area contributed by atoms with Crippen LogP contribution in [-0.4, -0.2) is 12.5 Å². The second-order valence-electron chi connectivity index (χ2n) is 4.29. The van der Waals surface area contributed by atoms with Crippen molar-refractivity contribution >= 4 is 39.1 Å². The van der Waals surface area contributed by atoms with Crippen LogP contribution in [0.15, 0.2) is 40.9 Å². The van der Waals surface area contributed by atoms with Crippen molar-refractivity contribution in [3.63, 3.8) is 0 Å². The molecule has 8 heteroatoms. The number of anilines is 1. The second kappa shape index (κ2) is 7.40. The highest BCUT2D eigenvalue weighted by molar-refractivity contribution is 9.10. The van der Waals surface area contributed by atoms with Crippen LogP contribution in [0.5, 0.6) is 5.75 Å². The summed E-state index contributed by atoms with van der Waals surface area (Å²) in [6.07, 6.45) is 0.